The number of anilines is 1. The number of nitrogens with one attached hydrogen (secondary N) is 1. The second kappa shape index (κ2) is 4.10. The lowest BCUT2D eigenvalue weighted by Gasteiger charge is -2.11. The van der Waals surface area contributed by atoms with Crippen molar-refractivity contribution in [1.29, 1.82) is 5.26 Å². The molecule has 2 rings (SSSR count). The van der Waals surface area contributed by atoms with E-state index in [1.165, 1.54) is 11.5 Å². The Morgan fingerprint density at radius 2 is 2.44 bits per heavy atom. The molecule has 0 saturated carbocycles. The van der Waals surface area contributed by atoms with Gasteiger partial charge in [0, 0.05) is 13.6 Å². The van der Waals surface area contributed by atoms with Gasteiger partial charge in [-0.25, -0.2) is 0 Å². The monoisotopic (exact) mass is 236 g/mol. The van der Waals surface area contributed by atoms with E-state index < -0.39 is 0 Å². The lowest BCUT2D eigenvalue weighted by molar-refractivity contribution is -0.127. The molecule has 0 spiro atoms. The number of rotatable bonds is 2. The van der Waals surface area contributed by atoms with Gasteiger partial charge in [-0.1, -0.05) is 0 Å². The zero-order valence-electron chi connectivity index (χ0n) is 9.15. The van der Waals surface area contributed by atoms with Gasteiger partial charge in [-0.15, -0.1) is 0 Å². The molecule has 84 valence electrons. The van der Waals surface area contributed by atoms with Gasteiger partial charge >= 0.3 is 0 Å². The Hall–Kier alpha value is -1.61. The van der Waals surface area contributed by atoms with Crippen LogP contribution in [0, 0.1) is 18.3 Å². The third-order valence-electron chi connectivity index (χ3n) is 2.71. The van der Waals surface area contributed by atoms with Crippen LogP contribution in [0.5, 0.6) is 0 Å². The van der Waals surface area contributed by atoms with Crippen LogP contribution in [-0.4, -0.2) is 34.8 Å². The normalized spacial score (nSPS) is 19.9. The number of nitriles is 1. The van der Waals surface area contributed by atoms with Crippen LogP contribution in [-0.2, 0) is 4.79 Å². The van der Waals surface area contributed by atoms with Crippen molar-refractivity contribution in [3.05, 3.63) is 11.3 Å². The number of amides is 1. The van der Waals surface area contributed by atoms with Crippen LogP contribution < -0.4 is 5.32 Å². The molecule has 1 fully saturated rings. The smallest absolute Gasteiger partial charge is 0.244 e. The summed E-state index contributed by atoms with van der Waals surface area (Å²) >= 11 is 1.24. The van der Waals surface area contributed by atoms with E-state index in [1.807, 2.05) is 0 Å². The van der Waals surface area contributed by atoms with Crippen molar-refractivity contribution < 1.29 is 4.79 Å². The summed E-state index contributed by atoms with van der Waals surface area (Å²) in [5, 5.41) is 12.8. The first-order chi connectivity index (χ1) is 7.63. The fraction of sp³-hybridized carbons (Fsp3) is 0.500. The summed E-state index contributed by atoms with van der Waals surface area (Å²) in [7, 11) is 1.78. The average molecular weight is 236 g/mol. The van der Waals surface area contributed by atoms with E-state index >= 15 is 0 Å². The minimum absolute atomic E-state index is 0.0787. The molecule has 1 amide bonds. The van der Waals surface area contributed by atoms with Crippen LogP contribution in [0.15, 0.2) is 0 Å². The van der Waals surface area contributed by atoms with Crippen molar-refractivity contribution >= 4 is 22.4 Å². The molecule has 0 radical (unpaired) electrons. The maximum absolute atomic E-state index is 11.7. The summed E-state index contributed by atoms with van der Waals surface area (Å²) in [5.74, 6) is 0.0787. The summed E-state index contributed by atoms with van der Waals surface area (Å²) < 4.78 is 4.11. The zero-order valence-corrected chi connectivity index (χ0v) is 9.97. The number of aromatic nitrogens is 1. The summed E-state index contributed by atoms with van der Waals surface area (Å²) in [5.41, 5.74) is 1.26. The van der Waals surface area contributed by atoms with Crippen molar-refractivity contribution in [1.82, 2.24) is 9.27 Å². The Bertz CT molecular complexity index is 462. The van der Waals surface area contributed by atoms with Gasteiger partial charge in [0.05, 0.1) is 5.69 Å². The van der Waals surface area contributed by atoms with E-state index in [0.29, 0.717) is 16.3 Å². The van der Waals surface area contributed by atoms with E-state index in [4.69, 9.17) is 5.26 Å². The Balaban J connectivity index is 2.16. The molecule has 2 heterocycles. The second-order valence-electron chi connectivity index (χ2n) is 3.83. The average Bonchev–Trinajstić information content (AvgIpc) is 2.76. The van der Waals surface area contributed by atoms with Crippen molar-refractivity contribution in [2.75, 3.05) is 18.9 Å². The van der Waals surface area contributed by atoms with Gasteiger partial charge in [0.25, 0.3) is 0 Å². The Kier molecular flexibility index (Phi) is 2.79. The zero-order chi connectivity index (χ0) is 11.7. The lowest BCUT2D eigenvalue weighted by Crippen LogP contribution is -2.30. The van der Waals surface area contributed by atoms with Gasteiger partial charge in [-0.3, -0.25) is 4.79 Å². The number of aryl methyl sites for hydroxylation is 1. The first-order valence-electron chi connectivity index (χ1n) is 5.01. The fourth-order valence-electron chi connectivity index (χ4n) is 1.71. The van der Waals surface area contributed by atoms with Crippen molar-refractivity contribution in [3.8, 4) is 6.07 Å². The molecular weight excluding hydrogens is 224 g/mol. The third kappa shape index (κ3) is 1.74. The predicted octanol–water partition coefficient (Wildman–Crippen LogP) is 0.966. The summed E-state index contributed by atoms with van der Waals surface area (Å²) in [6, 6.07) is 1.89. The minimum Gasteiger partial charge on any atom is -0.363 e. The fourth-order valence-corrected chi connectivity index (χ4v) is 2.51. The number of hydrogen-bond acceptors (Lipinski definition) is 5. The SMILES string of the molecule is Cc1nsc(NC2CCN(C)C2=O)c1C#N. The van der Waals surface area contributed by atoms with E-state index in [-0.39, 0.29) is 11.9 Å². The van der Waals surface area contributed by atoms with Gasteiger partial charge in [-0.2, -0.15) is 9.64 Å². The molecule has 0 aliphatic carbocycles. The quantitative estimate of drug-likeness (QED) is 0.830. The van der Waals surface area contributed by atoms with Crippen molar-refractivity contribution in [3.63, 3.8) is 0 Å². The summed E-state index contributed by atoms with van der Waals surface area (Å²) in [6.45, 7) is 2.55. The van der Waals surface area contributed by atoms with Crippen LogP contribution in [0.2, 0.25) is 0 Å². The number of nitrogens with zero attached hydrogens (tertiary/aromatic N) is 3. The lowest BCUT2D eigenvalue weighted by atomic mass is 10.2. The van der Waals surface area contributed by atoms with Gasteiger partial charge in [0.1, 0.15) is 22.7 Å². The summed E-state index contributed by atoms with van der Waals surface area (Å²) in [4.78, 5) is 13.4. The van der Waals surface area contributed by atoms with Crippen LogP contribution in [0.3, 0.4) is 0 Å². The number of carbonyl (C=O) groups is 1. The van der Waals surface area contributed by atoms with E-state index in [1.54, 1.807) is 18.9 Å². The molecule has 16 heavy (non-hydrogen) atoms. The highest BCUT2D eigenvalue weighted by atomic mass is 32.1. The molecule has 1 aromatic heterocycles. The predicted molar refractivity (Wildman–Crippen MR) is 61.2 cm³/mol. The topological polar surface area (TPSA) is 69.0 Å². The van der Waals surface area contributed by atoms with E-state index in [0.717, 1.165) is 13.0 Å². The number of likely N-dealkylation sites (tertiary alicyclic amines) is 1. The number of hydrogen-bond donors (Lipinski definition) is 1. The first kappa shape index (κ1) is 10.9. The molecule has 1 aliphatic heterocycles. The molecule has 6 heteroatoms. The number of carbonyl (C=O) groups excluding carboxylic acids is 1. The van der Waals surface area contributed by atoms with Crippen molar-refractivity contribution in [2.24, 2.45) is 0 Å². The standard InChI is InChI=1S/C10H12N4OS/c1-6-7(5-11)9(16-13-6)12-8-3-4-14(2)10(8)15/h8,12H,3-4H2,1-2H3. The Morgan fingerprint density at radius 1 is 1.69 bits per heavy atom. The molecule has 0 bridgehead atoms. The van der Waals surface area contributed by atoms with Gasteiger partial charge in [-0.05, 0) is 24.9 Å². The van der Waals surface area contributed by atoms with Gasteiger partial charge < -0.3 is 10.2 Å². The molecule has 5 nitrogen and oxygen atoms in total. The molecular formula is C10H12N4OS. The summed E-state index contributed by atoms with van der Waals surface area (Å²) in [6.07, 6.45) is 0.775. The number of likely N-dealkylation sites (N-methyl/N-ethyl adjacent to an activating group) is 1. The molecule has 1 aromatic rings. The third-order valence-corrected chi connectivity index (χ3v) is 3.58. The highest BCUT2D eigenvalue weighted by molar-refractivity contribution is 7.10. The molecule has 0 aromatic carbocycles. The van der Waals surface area contributed by atoms with E-state index in [2.05, 4.69) is 15.8 Å². The van der Waals surface area contributed by atoms with Crippen LogP contribution >= 0.6 is 11.5 Å². The highest BCUT2D eigenvalue weighted by Gasteiger charge is 2.30. The van der Waals surface area contributed by atoms with Crippen LogP contribution in [0.4, 0.5) is 5.00 Å². The Labute approximate surface area is 97.8 Å². The van der Waals surface area contributed by atoms with Crippen molar-refractivity contribution in [2.45, 2.75) is 19.4 Å². The van der Waals surface area contributed by atoms with Gasteiger partial charge in [0.15, 0.2) is 0 Å². The largest absolute Gasteiger partial charge is 0.363 e. The first-order valence-corrected chi connectivity index (χ1v) is 5.78. The van der Waals surface area contributed by atoms with Crippen LogP contribution in [0.1, 0.15) is 17.7 Å². The highest BCUT2D eigenvalue weighted by Crippen LogP contribution is 2.26. The van der Waals surface area contributed by atoms with E-state index in [9.17, 15) is 4.79 Å². The minimum atomic E-state index is -0.211. The molecule has 1 atom stereocenters. The molecule has 1 N–H and O–H groups in total. The maximum Gasteiger partial charge on any atom is 0.244 e. The van der Waals surface area contributed by atoms with Crippen LogP contribution in [0.25, 0.3) is 0 Å². The molecule has 1 saturated heterocycles. The molecule has 1 unspecified atom stereocenters. The second-order valence-corrected chi connectivity index (χ2v) is 4.60. The molecule has 1 aliphatic rings. The van der Waals surface area contributed by atoms with Gasteiger partial charge in [0.2, 0.25) is 5.91 Å². The Morgan fingerprint density at radius 3 is 3.00 bits per heavy atom. The maximum atomic E-state index is 11.7.